The molecule has 0 fully saturated rings. The average Bonchev–Trinajstić information content (AvgIpc) is 2.42. The average molecular weight is 261 g/mol. The van der Waals surface area contributed by atoms with E-state index in [0.29, 0.717) is 6.42 Å². The Morgan fingerprint density at radius 1 is 1.26 bits per heavy atom. The van der Waals surface area contributed by atoms with Crippen LogP contribution in [0.2, 0.25) is 0 Å². The third-order valence-electron chi connectivity index (χ3n) is 3.04. The number of nitrogens with zero attached hydrogens (tertiary/aromatic N) is 1. The highest BCUT2D eigenvalue weighted by atomic mass is 16.6. The van der Waals surface area contributed by atoms with E-state index in [-0.39, 0.29) is 23.3 Å². The normalized spacial score (nSPS) is 14.2. The molecule has 0 aromatic heterocycles. The van der Waals surface area contributed by atoms with Crippen molar-refractivity contribution >= 4 is 12.4 Å². The fourth-order valence-electron chi connectivity index (χ4n) is 2.03. The quantitative estimate of drug-likeness (QED) is 0.410. The summed E-state index contributed by atoms with van der Waals surface area (Å²) < 4.78 is 0. The first-order valence-electron chi connectivity index (χ1n) is 6.47. The molecule has 1 aromatic carbocycles. The van der Waals surface area contributed by atoms with E-state index in [1.54, 1.807) is 6.08 Å². The highest BCUT2D eigenvalue weighted by Crippen LogP contribution is 2.19. The second kappa shape index (κ2) is 8.19. The van der Waals surface area contributed by atoms with Crippen LogP contribution in [0.25, 0.3) is 6.08 Å². The van der Waals surface area contributed by atoms with Crippen LogP contribution in [0.15, 0.2) is 36.4 Å². The third-order valence-corrected chi connectivity index (χ3v) is 3.04. The number of nitro groups is 1. The summed E-state index contributed by atoms with van der Waals surface area (Å²) in [7, 11) is 0. The van der Waals surface area contributed by atoms with Crippen LogP contribution in [0.4, 0.5) is 0 Å². The molecule has 1 aromatic rings. The Hall–Kier alpha value is -1.97. The third kappa shape index (κ3) is 5.46. The first kappa shape index (κ1) is 15.1. The maximum Gasteiger partial charge on any atom is 0.210 e. The molecule has 0 saturated carbocycles. The predicted octanol–water partition coefficient (Wildman–Crippen LogP) is 3.21. The lowest BCUT2D eigenvalue weighted by atomic mass is 9.89. The van der Waals surface area contributed by atoms with Crippen molar-refractivity contribution in [3.8, 4) is 0 Å². The molecule has 0 aliphatic rings. The molecule has 1 rings (SSSR count). The van der Waals surface area contributed by atoms with Crippen LogP contribution in [0.5, 0.6) is 0 Å². The predicted molar refractivity (Wildman–Crippen MR) is 75.3 cm³/mol. The highest BCUT2D eigenvalue weighted by molar-refractivity contribution is 5.56. The second-order valence-electron chi connectivity index (χ2n) is 4.54. The van der Waals surface area contributed by atoms with Gasteiger partial charge in [0.05, 0.1) is 5.92 Å². The Balaban J connectivity index is 2.81. The summed E-state index contributed by atoms with van der Waals surface area (Å²) in [5.41, 5.74) is 0.983. The van der Waals surface area contributed by atoms with Crippen molar-refractivity contribution in [2.45, 2.75) is 19.8 Å². The van der Waals surface area contributed by atoms with Crippen molar-refractivity contribution in [3.05, 3.63) is 52.1 Å². The smallest absolute Gasteiger partial charge is 0.210 e. The highest BCUT2D eigenvalue weighted by Gasteiger charge is 2.22. The minimum Gasteiger partial charge on any atom is -0.303 e. The molecule has 0 bridgehead atoms. The fraction of sp³-hybridized carbons (Fsp3) is 0.400. The van der Waals surface area contributed by atoms with Gasteiger partial charge in [0.2, 0.25) is 6.54 Å². The van der Waals surface area contributed by atoms with Gasteiger partial charge >= 0.3 is 0 Å². The largest absolute Gasteiger partial charge is 0.303 e. The van der Waals surface area contributed by atoms with E-state index >= 15 is 0 Å². The van der Waals surface area contributed by atoms with Gasteiger partial charge in [-0.15, -0.1) is 0 Å². The summed E-state index contributed by atoms with van der Waals surface area (Å²) in [5.74, 6) is -0.622. The van der Waals surface area contributed by atoms with Gasteiger partial charge in [0.25, 0.3) is 0 Å². The molecule has 0 unspecified atom stereocenters. The molecule has 0 saturated heterocycles. The number of aldehydes is 1. The van der Waals surface area contributed by atoms with Crippen LogP contribution in [-0.2, 0) is 4.79 Å². The minimum atomic E-state index is -0.355. The molecular weight excluding hydrogens is 242 g/mol. The van der Waals surface area contributed by atoms with Crippen LogP contribution in [0, 0.1) is 22.0 Å². The molecule has 0 heterocycles. The molecule has 19 heavy (non-hydrogen) atoms. The molecule has 4 nitrogen and oxygen atoms in total. The molecule has 102 valence electrons. The summed E-state index contributed by atoms with van der Waals surface area (Å²) in [5, 5.41) is 10.7. The molecule has 0 aliphatic carbocycles. The first-order valence-corrected chi connectivity index (χ1v) is 6.47. The van der Waals surface area contributed by atoms with E-state index in [4.69, 9.17) is 0 Å². The maximum atomic E-state index is 11.1. The van der Waals surface area contributed by atoms with Crippen LogP contribution in [-0.4, -0.2) is 17.8 Å². The van der Waals surface area contributed by atoms with E-state index in [1.807, 2.05) is 43.3 Å². The lowest BCUT2D eigenvalue weighted by Gasteiger charge is -2.15. The fourth-order valence-corrected chi connectivity index (χ4v) is 2.03. The summed E-state index contributed by atoms with van der Waals surface area (Å²) in [6.07, 6.45) is 6.00. The summed E-state index contributed by atoms with van der Waals surface area (Å²) >= 11 is 0. The van der Waals surface area contributed by atoms with Gasteiger partial charge in [-0.2, -0.15) is 0 Å². The monoisotopic (exact) mass is 261 g/mol. The Labute approximate surface area is 113 Å². The number of carbonyl (C=O) groups is 1. The van der Waals surface area contributed by atoms with Crippen molar-refractivity contribution in [1.82, 2.24) is 0 Å². The Morgan fingerprint density at radius 3 is 2.47 bits per heavy atom. The molecule has 4 heteroatoms. The standard InChI is InChI=1S/C15H19NO3/c1-2-6-15(12-17)14(11-16(18)19)10-9-13-7-4-3-5-8-13/h3-5,7-10,12,14-15H,2,6,11H2,1H3/b10-9+/t14-,15+/m0/s1. The van der Waals surface area contributed by atoms with Crippen LogP contribution in [0.3, 0.4) is 0 Å². The number of hydrogen-bond donors (Lipinski definition) is 0. The van der Waals surface area contributed by atoms with Crippen molar-refractivity contribution in [2.75, 3.05) is 6.54 Å². The van der Waals surface area contributed by atoms with Gasteiger partial charge in [0.15, 0.2) is 0 Å². The molecule has 0 aliphatic heterocycles. The van der Waals surface area contributed by atoms with Crippen molar-refractivity contribution in [2.24, 2.45) is 11.8 Å². The van der Waals surface area contributed by atoms with Crippen molar-refractivity contribution in [1.29, 1.82) is 0 Å². The van der Waals surface area contributed by atoms with Gasteiger partial charge in [0.1, 0.15) is 6.29 Å². The zero-order valence-corrected chi connectivity index (χ0v) is 11.1. The molecular formula is C15H19NO3. The van der Waals surface area contributed by atoms with Gasteiger partial charge in [0, 0.05) is 10.8 Å². The summed E-state index contributed by atoms with van der Waals surface area (Å²) in [6.45, 7) is 1.77. The Kier molecular flexibility index (Phi) is 6.50. The number of rotatable bonds is 8. The first-order chi connectivity index (χ1) is 9.17. The van der Waals surface area contributed by atoms with Crippen LogP contribution < -0.4 is 0 Å². The van der Waals surface area contributed by atoms with E-state index < -0.39 is 0 Å². The molecule has 0 spiro atoms. The van der Waals surface area contributed by atoms with Gasteiger partial charge in [-0.3, -0.25) is 10.1 Å². The zero-order chi connectivity index (χ0) is 14.1. The van der Waals surface area contributed by atoms with Gasteiger partial charge in [-0.1, -0.05) is 55.8 Å². The molecule has 0 N–H and O–H groups in total. The number of carbonyl (C=O) groups excluding carboxylic acids is 1. The van der Waals surface area contributed by atoms with Crippen molar-refractivity contribution in [3.63, 3.8) is 0 Å². The summed E-state index contributed by atoms with van der Waals surface area (Å²) in [4.78, 5) is 21.4. The summed E-state index contributed by atoms with van der Waals surface area (Å²) in [6, 6.07) is 9.58. The van der Waals surface area contributed by atoms with E-state index in [9.17, 15) is 14.9 Å². The lowest BCUT2D eigenvalue weighted by molar-refractivity contribution is -0.487. The second-order valence-corrected chi connectivity index (χ2v) is 4.54. The Morgan fingerprint density at radius 2 is 1.95 bits per heavy atom. The van der Waals surface area contributed by atoms with Gasteiger partial charge in [-0.25, -0.2) is 0 Å². The van der Waals surface area contributed by atoms with E-state index in [2.05, 4.69) is 0 Å². The van der Waals surface area contributed by atoms with Gasteiger partial charge in [-0.05, 0) is 12.0 Å². The SMILES string of the molecule is CCC[C@H](C=O)[C@@H](/C=C/c1ccccc1)C[N+](=O)[O-]. The topological polar surface area (TPSA) is 60.2 Å². The van der Waals surface area contributed by atoms with Crippen molar-refractivity contribution < 1.29 is 9.72 Å². The van der Waals surface area contributed by atoms with Crippen LogP contribution >= 0.6 is 0 Å². The molecule has 0 radical (unpaired) electrons. The zero-order valence-electron chi connectivity index (χ0n) is 11.1. The lowest BCUT2D eigenvalue weighted by Crippen LogP contribution is -2.22. The maximum absolute atomic E-state index is 11.1. The Bertz CT molecular complexity index is 428. The van der Waals surface area contributed by atoms with Crippen LogP contribution in [0.1, 0.15) is 25.3 Å². The van der Waals surface area contributed by atoms with E-state index in [0.717, 1.165) is 18.3 Å². The van der Waals surface area contributed by atoms with E-state index in [1.165, 1.54) is 0 Å². The molecule has 0 amide bonds. The number of benzene rings is 1. The molecule has 2 atom stereocenters. The minimum absolute atomic E-state index is 0.202. The number of hydrogen-bond acceptors (Lipinski definition) is 3. The van der Waals surface area contributed by atoms with Gasteiger partial charge < -0.3 is 4.79 Å².